The molecule has 254 valence electrons. The number of hydrogen-bond acceptors (Lipinski definition) is 3. The van der Waals surface area contributed by atoms with Crippen molar-refractivity contribution in [3.8, 4) is 27.9 Å². The van der Waals surface area contributed by atoms with E-state index in [1.54, 1.807) is 0 Å². The van der Waals surface area contributed by atoms with Crippen molar-refractivity contribution in [2.75, 3.05) is 4.90 Å². The third kappa shape index (κ3) is 4.78. The van der Waals surface area contributed by atoms with Crippen LogP contribution in [0.4, 0.5) is 17.1 Å². The van der Waals surface area contributed by atoms with Crippen LogP contribution in [0.2, 0.25) is 0 Å². The Bertz CT molecular complexity index is 3150. The van der Waals surface area contributed by atoms with Gasteiger partial charge in [0.1, 0.15) is 11.2 Å². The van der Waals surface area contributed by atoms with Crippen molar-refractivity contribution in [1.82, 2.24) is 4.57 Å². The van der Waals surface area contributed by atoms with Gasteiger partial charge in [0.15, 0.2) is 5.58 Å². The van der Waals surface area contributed by atoms with Gasteiger partial charge in [-0.1, -0.05) is 127 Å². The van der Waals surface area contributed by atoms with E-state index in [-0.39, 0.29) is 0 Å². The lowest BCUT2D eigenvalue weighted by atomic mass is 10.0. The quantitative estimate of drug-likeness (QED) is 0.174. The minimum absolute atomic E-state index is 0.857. The zero-order chi connectivity index (χ0) is 35.6. The molecule has 0 atom stereocenters. The van der Waals surface area contributed by atoms with Crippen molar-refractivity contribution in [3.05, 3.63) is 194 Å². The number of anilines is 3. The fourth-order valence-electron chi connectivity index (χ4n) is 8.10. The first-order chi connectivity index (χ1) is 26.8. The lowest BCUT2D eigenvalue weighted by Gasteiger charge is -2.26. The Morgan fingerprint density at radius 2 is 1.04 bits per heavy atom. The fraction of sp³-hybridized carbons (Fsp3) is 0. The van der Waals surface area contributed by atoms with E-state index in [9.17, 15) is 0 Å². The molecular formula is C50H32N2O2. The number of para-hydroxylation sites is 4. The Hall–Kier alpha value is -7.30. The van der Waals surface area contributed by atoms with Gasteiger partial charge in [-0.05, 0) is 89.0 Å². The Morgan fingerprint density at radius 1 is 0.389 bits per heavy atom. The smallest absolute Gasteiger partial charge is 0.213 e. The molecule has 0 unspecified atom stereocenters. The molecule has 0 amide bonds. The van der Waals surface area contributed by atoms with Crippen LogP contribution in [0.3, 0.4) is 0 Å². The van der Waals surface area contributed by atoms with Crippen molar-refractivity contribution in [2.24, 2.45) is 0 Å². The molecule has 3 aromatic heterocycles. The molecule has 0 bridgehead atoms. The van der Waals surface area contributed by atoms with Gasteiger partial charge >= 0.3 is 0 Å². The van der Waals surface area contributed by atoms with Crippen LogP contribution >= 0.6 is 0 Å². The first-order valence-corrected chi connectivity index (χ1v) is 18.3. The molecule has 0 saturated carbocycles. The van der Waals surface area contributed by atoms with Crippen LogP contribution in [0.5, 0.6) is 0 Å². The van der Waals surface area contributed by atoms with Crippen molar-refractivity contribution in [2.45, 2.75) is 0 Å². The summed E-state index contributed by atoms with van der Waals surface area (Å²) in [7, 11) is 0. The minimum Gasteiger partial charge on any atom is -0.454 e. The summed E-state index contributed by atoms with van der Waals surface area (Å²) in [5, 5.41) is 5.63. The van der Waals surface area contributed by atoms with Crippen LogP contribution in [-0.4, -0.2) is 4.57 Å². The molecule has 11 aromatic rings. The van der Waals surface area contributed by atoms with Crippen molar-refractivity contribution >= 4 is 72.0 Å². The largest absolute Gasteiger partial charge is 0.454 e. The van der Waals surface area contributed by atoms with Gasteiger partial charge in [-0.2, -0.15) is 0 Å². The van der Waals surface area contributed by atoms with Gasteiger partial charge in [-0.3, -0.25) is 4.57 Å². The standard InChI is InChI=1S/C50H32N2O2/c1-3-13-33(14-4-1)35-15-11-18-39(31-35)51(45-23-12-21-41-40-19-8-10-24-46(40)53-49(41)45)38-28-25-34(26-29-38)36-27-30-43-47(32-36)54-50-48(43)42-20-7-9-22-44(42)52(50)37-16-5-2-6-17-37/h1-32H. The van der Waals surface area contributed by atoms with Crippen LogP contribution < -0.4 is 4.90 Å². The molecule has 8 aromatic carbocycles. The highest BCUT2D eigenvalue weighted by Crippen LogP contribution is 2.44. The van der Waals surface area contributed by atoms with E-state index in [4.69, 9.17) is 8.83 Å². The first-order valence-electron chi connectivity index (χ1n) is 18.3. The predicted molar refractivity (Wildman–Crippen MR) is 223 cm³/mol. The second-order valence-corrected chi connectivity index (χ2v) is 13.7. The van der Waals surface area contributed by atoms with Gasteiger partial charge in [0.25, 0.3) is 0 Å². The second kappa shape index (κ2) is 12.1. The summed E-state index contributed by atoms with van der Waals surface area (Å²) < 4.78 is 15.5. The third-order valence-corrected chi connectivity index (χ3v) is 10.6. The molecule has 0 saturated heterocycles. The van der Waals surface area contributed by atoms with Gasteiger partial charge in [0.05, 0.1) is 16.6 Å². The summed E-state index contributed by atoms with van der Waals surface area (Å²) in [5.41, 5.74) is 13.3. The van der Waals surface area contributed by atoms with Crippen molar-refractivity contribution < 1.29 is 8.83 Å². The fourth-order valence-corrected chi connectivity index (χ4v) is 8.10. The van der Waals surface area contributed by atoms with E-state index < -0.39 is 0 Å². The first kappa shape index (κ1) is 30.3. The molecule has 0 fully saturated rings. The van der Waals surface area contributed by atoms with Crippen LogP contribution in [0.15, 0.2) is 203 Å². The van der Waals surface area contributed by atoms with Crippen LogP contribution in [0, 0.1) is 0 Å². The SMILES string of the molecule is c1ccc(-c2cccc(N(c3ccc(-c4ccc5c(c4)oc4c5c5ccccc5n4-c4ccccc4)cc3)c3cccc4c3oc3ccccc34)c2)cc1. The van der Waals surface area contributed by atoms with E-state index in [1.807, 2.05) is 18.2 Å². The Labute approximate surface area is 311 Å². The van der Waals surface area contributed by atoms with Crippen LogP contribution in [0.1, 0.15) is 0 Å². The molecule has 0 aliphatic rings. The molecule has 3 heterocycles. The molecule has 0 aliphatic carbocycles. The summed E-state index contributed by atoms with van der Waals surface area (Å²) in [5.74, 6) is 0. The highest BCUT2D eigenvalue weighted by molar-refractivity contribution is 6.20. The normalized spacial score (nSPS) is 11.7. The highest BCUT2D eigenvalue weighted by Gasteiger charge is 2.21. The number of nitrogens with zero attached hydrogens (tertiary/aromatic N) is 2. The minimum atomic E-state index is 0.857. The molecule has 54 heavy (non-hydrogen) atoms. The molecule has 4 heteroatoms. The van der Waals surface area contributed by atoms with Gasteiger partial charge in [0, 0.05) is 38.6 Å². The lowest BCUT2D eigenvalue weighted by Crippen LogP contribution is -2.10. The second-order valence-electron chi connectivity index (χ2n) is 13.7. The van der Waals surface area contributed by atoms with E-state index in [1.165, 1.54) is 10.9 Å². The number of furan rings is 2. The zero-order valence-corrected chi connectivity index (χ0v) is 29.2. The monoisotopic (exact) mass is 692 g/mol. The van der Waals surface area contributed by atoms with Crippen LogP contribution in [-0.2, 0) is 0 Å². The Balaban J connectivity index is 1.04. The predicted octanol–water partition coefficient (Wildman–Crippen LogP) is 14.2. The third-order valence-electron chi connectivity index (χ3n) is 10.6. The summed E-state index contributed by atoms with van der Waals surface area (Å²) in [4.78, 5) is 2.30. The highest BCUT2D eigenvalue weighted by atomic mass is 16.3. The van der Waals surface area contributed by atoms with Crippen molar-refractivity contribution in [1.29, 1.82) is 0 Å². The maximum absolute atomic E-state index is 6.72. The number of fused-ring (bicyclic) bond motifs is 8. The van der Waals surface area contributed by atoms with Crippen molar-refractivity contribution in [3.63, 3.8) is 0 Å². The van der Waals surface area contributed by atoms with E-state index in [0.717, 1.165) is 89.0 Å². The number of rotatable bonds is 6. The number of benzene rings is 8. The molecular weight excluding hydrogens is 661 g/mol. The Kier molecular flexibility index (Phi) is 6.82. The lowest BCUT2D eigenvalue weighted by molar-refractivity contribution is 0.645. The molecule has 0 spiro atoms. The summed E-state index contributed by atoms with van der Waals surface area (Å²) in [6.45, 7) is 0. The van der Waals surface area contributed by atoms with Gasteiger partial charge < -0.3 is 13.7 Å². The zero-order valence-electron chi connectivity index (χ0n) is 29.2. The molecule has 0 N–H and O–H groups in total. The average Bonchev–Trinajstić information content (AvgIpc) is 3.91. The molecule has 4 nitrogen and oxygen atoms in total. The average molecular weight is 693 g/mol. The summed E-state index contributed by atoms with van der Waals surface area (Å²) >= 11 is 0. The van der Waals surface area contributed by atoms with E-state index in [2.05, 4.69) is 185 Å². The topological polar surface area (TPSA) is 34.5 Å². The van der Waals surface area contributed by atoms with E-state index >= 15 is 0 Å². The van der Waals surface area contributed by atoms with Crippen LogP contribution in [0.25, 0.3) is 82.9 Å². The van der Waals surface area contributed by atoms with Gasteiger partial charge in [-0.15, -0.1) is 0 Å². The molecule has 0 aliphatic heterocycles. The maximum Gasteiger partial charge on any atom is 0.213 e. The number of hydrogen-bond donors (Lipinski definition) is 0. The molecule has 0 radical (unpaired) electrons. The summed E-state index contributed by atoms with van der Waals surface area (Å²) in [6.07, 6.45) is 0. The number of aromatic nitrogens is 1. The van der Waals surface area contributed by atoms with Gasteiger partial charge in [-0.25, -0.2) is 0 Å². The van der Waals surface area contributed by atoms with Gasteiger partial charge in [0.2, 0.25) is 5.71 Å². The molecule has 11 rings (SSSR count). The Morgan fingerprint density at radius 3 is 1.89 bits per heavy atom. The van der Waals surface area contributed by atoms with E-state index in [0.29, 0.717) is 0 Å². The maximum atomic E-state index is 6.72. The summed E-state index contributed by atoms with van der Waals surface area (Å²) in [6, 6.07) is 68.3.